The molecule has 3 amide bonds. The van der Waals surface area contributed by atoms with Crippen LogP contribution >= 0.6 is 11.3 Å². The number of nitrogens with one attached hydrogen (secondary N) is 1. The maximum atomic E-state index is 13.5. The van der Waals surface area contributed by atoms with Gasteiger partial charge in [-0.1, -0.05) is 31.5 Å². The third-order valence-corrected chi connectivity index (χ3v) is 6.52. The number of rotatable bonds is 7. The molecule has 1 aliphatic rings. The van der Waals surface area contributed by atoms with Gasteiger partial charge in [0.15, 0.2) is 0 Å². The van der Waals surface area contributed by atoms with E-state index in [-0.39, 0.29) is 36.0 Å². The number of hydrogen-bond acceptors (Lipinski definition) is 4. The van der Waals surface area contributed by atoms with Crippen molar-refractivity contribution in [1.29, 1.82) is 0 Å². The molecule has 6 nitrogen and oxygen atoms in total. The van der Waals surface area contributed by atoms with Crippen LogP contribution in [0.5, 0.6) is 5.75 Å². The summed E-state index contributed by atoms with van der Waals surface area (Å²) in [6, 6.07) is 9.69. The Morgan fingerprint density at radius 1 is 1.21 bits per heavy atom. The Labute approximate surface area is 201 Å². The minimum atomic E-state index is -0.365. The molecule has 0 bridgehead atoms. The van der Waals surface area contributed by atoms with Crippen molar-refractivity contribution >= 4 is 23.3 Å². The third-order valence-electron chi connectivity index (χ3n) is 5.52. The smallest absolute Gasteiger partial charge is 0.318 e. The zero-order valence-electron chi connectivity index (χ0n) is 20.7. The summed E-state index contributed by atoms with van der Waals surface area (Å²) in [6.07, 6.45) is 0.831. The van der Waals surface area contributed by atoms with Crippen LogP contribution in [0.3, 0.4) is 0 Å². The van der Waals surface area contributed by atoms with Gasteiger partial charge in [0.2, 0.25) is 5.91 Å². The maximum Gasteiger partial charge on any atom is 0.318 e. The Bertz CT molecular complexity index is 946. The van der Waals surface area contributed by atoms with E-state index in [2.05, 4.69) is 30.6 Å². The number of benzene rings is 1. The quantitative estimate of drug-likeness (QED) is 0.616. The number of thiophene rings is 1. The fourth-order valence-corrected chi connectivity index (χ4v) is 4.93. The second-order valence-corrected chi connectivity index (χ2v) is 11.2. The highest BCUT2D eigenvalue weighted by Gasteiger charge is 2.34. The van der Waals surface area contributed by atoms with Crippen LogP contribution in [-0.2, 0) is 11.2 Å². The normalized spacial score (nSPS) is 15.8. The van der Waals surface area contributed by atoms with Crippen LogP contribution in [0.4, 0.5) is 4.79 Å². The fourth-order valence-electron chi connectivity index (χ4n) is 4.00. The van der Waals surface area contributed by atoms with E-state index >= 15 is 0 Å². The SMILES string of the molecule is Cc1ccc(OC[C@H]2c3ccsc3CCN2C(=O)CN(CC(C)C)C(=O)NC(C)(C)C)cc1. The summed E-state index contributed by atoms with van der Waals surface area (Å²) >= 11 is 1.73. The van der Waals surface area contributed by atoms with Crippen molar-refractivity contribution in [2.24, 2.45) is 5.92 Å². The van der Waals surface area contributed by atoms with Crippen molar-refractivity contribution in [3.63, 3.8) is 0 Å². The van der Waals surface area contributed by atoms with Gasteiger partial charge < -0.3 is 19.9 Å². The summed E-state index contributed by atoms with van der Waals surface area (Å²) in [6.45, 7) is 13.6. The van der Waals surface area contributed by atoms with Crippen LogP contribution in [0, 0.1) is 12.8 Å². The first kappa shape index (κ1) is 25.1. The van der Waals surface area contributed by atoms with Crippen LogP contribution in [0.15, 0.2) is 35.7 Å². The molecule has 2 heterocycles. The molecule has 180 valence electrons. The molecule has 1 N–H and O–H groups in total. The molecule has 2 aromatic rings. The van der Waals surface area contributed by atoms with E-state index in [9.17, 15) is 9.59 Å². The van der Waals surface area contributed by atoms with Crippen molar-refractivity contribution in [2.75, 3.05) is 26.2 Å². The van der Waals surface area contributed by atoms with Crippen molar-refractivity contribution in [2.45, 2.75) is 59.5 Å². The number of urea groups is 1. The molecule has 0 saturated carbocycles. The van der Waals surface area contributed by atoms with E-state index in [1.54, 1.807) is 16.2 Å². The Morgan fingerprint density at radius 2 is 1.91 bits per heavy atom. The zero-order valence-corrected chi connectivity index (χ0v) is 21.5. The monoisotopic (exact) mass is 471 g/mol. The predicted molar refractivity (Wildman–Crippen MR) is 134 cm³/mol. The highest BCUT2D eigenvalue weighted by Crippen LogP contribution is 2.34. The average molecular weight is 472 g/mol. The molecule has 1 aromatic heterocycles. The molecule has 0 fully saturated rings. The lowest BCUT2D eigenvalue weighted by Crippen LogP contribution is -2.53. The molecular weight excluding hydrogens is 434 g/mol. The van der Waals surface area contributed by atoms with Crippen LogP contribution < -0.4 is 10.1 Å². The number of aryl methyl sites for hydroxylation is 1. The first-order valence-electron chi connectivity index (χ1n) is 11.7. The molecule has 0 saturated heterocycles. The molecule has 3 rings (SSSR count). The number of ether oxygens (including phenoxy) is 1. The molecule has 7 heteroatoms. The van der Waals surface area contributed by atoms with E-state index in [0.717, 1.165) is 17.7 Å². The van der Waals surface area contributed by atoms with Gasteiger partial charge >= 0.3 is 6.03 Å². The van der Waals surface area contributed by atoms with Gasteiger partial charge in [-0.25, -0.2) is 4.79 Å². The molecule has 0 unspecified atom stereocenters. The molecule has 0 aliphatic carbocycles. The molecule has 1 atom stereocenters. The molecule has 33 heavy (non-hydrogen) atoms. The Morgan fingerprint density at radius 3 is 2.55 bits per heavy atom. The van der Waals surface area contributed by atoms with E-state index in [1.165, 1.54) is 10.4 Å². The minimum Gasteiger partial charge on any atom is -0.491 e. The standard InChI is InChI=1S/C26H37N3O3S/c1-18(2)15-28(25(31)27-26(4,5)6)16-24(30)29-13-11-23-21(12-14-33-23)22(29)17-32-20-9-7-19(3)8-10-20/h7-10,12,14,18,22H,11,13,15-17H2,1-6H3,(H,27,31)/t22-/m0/s1. The third kappa shape index (κ3) is 6.97. The molecule has 0 spiro atoms. The van der Waals surface area contributed by atoms with E-state index in [0.29, 0.717) is 19.7 Å². The summed E-state index contributed by atoms with van der Waals surface area (Å²) in [5.41, 5.74) is 1.97. The highest BCUT2D eigenvalue weighted by atomic mass is 32.1. The van der Waals surface area contributed by atoms with Crippen LogP contribution in [0.1, 0.15) is 56.7 Å². The highest BCUT2D eigenvalue weighted by molar-refractivity contribution is 7.10. The summed E-state index contributed by atoms with van der Waals surface area (Å²) in [5.74, 6) is 1.00. The fraction of sp³-hybridized carbons (Fsp3) is 0.538. The predicted octanol–water partition coefficient (Wildman–Crippen LogP) is 5.03. The Hall–Kier alpha value is -2.54. The first-order valence-corrected chi connectivity index (χ1v) is 12.5. The minimum absolute atomic E-state index is 0.0472. The van der Waals surface area contributed by atoms with Crippen molar-refractivity contribution in [3.8, 4) is 5.75 Å². The molecule has 0 radical (unpaired) electrons. The molecule has 1 aliphatic heterocycles. The van der Waals surface area contributed by atoms with Crippen LogP contribution in [0.2, 0.25) is 0 Å². The molecule has 1 aromatic carbocycles. The largest absolute Gasteiger partial charge is 0.491 e. The zero-order chi connectivity index (χ0) is 24.2. The number of carbonyl (C=O) groups excluding carboxylic acids is 2. The number of fused-ring (bicyclic) bond motifs is 1. The van der Waals surface area contributed by atoms with Gasteiger partial charge in [0, 0.05) is 23.5 Å². The van der Waals surface area contributed by atoms with Crippen molar-refractivity contribution in [3.05, 3.63) is 51.7 Å². The lowest BCUT2D eigenvalue weighted by molar-refractivity contribution is -0.135. The van der Waals surface area contributed by atoms with Gasteiger partial charge in [-0.2, -0.15) is 0 Å². The molecular formula is C26H37N3O3S. The average Bonchev–Trinajstić information content (AvgIpc) is 3.20. The summed E-state index contributed by atoms with van der Waals surface area (Å²) in [5, 5.41) is 5.08. The van der Waals surface area contributed by atoms with Gasteiger partial charge in [0.1, 0.15) is 18.9 Å². The summed E-state index contributed by atoms with van der Waals surface area (Å²) in [4.78, 5) is 31.3. The first-order chi connectivity index (χ1) is 15.5. The maximum absolute atomic E-state index is 13.5. The summed E-state index contributed by atoms with van der Waals surface area (Å²) < 4.78 is 6.11. The van der Waals surface area contributed by atoms with Crippen LogP contribution in [0.25, 0.3) is 0 Å². The number of nitrogens with zero attached hydrogens (tertiary/aromatic N) is 2. The van der Waals surface area contributed by atoms with Gasteiger partial charge in [0.25, 0.3) is 0 Å². The topological polar surface area (TPSA) is 61.9 Å². The lowest BCUT2D eigenvalue weighted by Gasteiger charge is -2.37. The number of hydrogen-bond donors (Lipinski definition) is 1. The lowest BCUT2D eigenvalue weighted by atomic mass is 10.0. The number of amides is 3. The van der Waals surface area contributed by atoms with Crippen molar-refractivity contribution < 1.29 is 14.3 Å². The van der Waals surface area contributed by atoms with Gasteiger partial charge in [-0.3, -0.25) is 4.79 Å². The van der Waals surface area contributed by atoms with E-state index in [4.69, 9.17) is 4.74 Å². The van der Waals surface area contributed by atoms with Gasteiger partial charge in [-0.15, -0.1) is 11.3 Å². The van der Waals surface area contributed by atoms with Gasteiger partial charge in [-0.05, 0) is 69.2 Å². The van der Waals surface area contributed by atoms with Crippen LogP contribution in [-0.4, -0.2) is 53.5 Å². The summed E-state index contributed by atoms with van der Waals surface area (Å²) in [7, 11) is 0. The van der Waals surface area contributed by atoms with E-state index < -0.39 is 0 Å². The second-order valence-electron chi connectivity index (χ2n) is 10.2. The van der Waals surface area contributed by atoms with E-state index in [1.807, 2.05) is 56.9 Å². The Kier molecular flexibility index (Phi) is 8.05. The second kappa shape index (κ2) is 10.6. The van der Waals surface area contributed by atoms with Gasteiger partial charge in [0.05, 0.1) is 6.04 Å². The van der Waals surface area contributed by atoms with Crippen molar-refractivity contribution in [1.82, 2.24) is 15.1 Å². The Balaban J connectivity index is 1.76. The number of carbonyl (C=O) groups is 2.